The molecule has 0 aliphatic rings. The molecule has 0 radical (unpaired) electrons. The van der Waals surface area contributed by atoms with Gasteiger partial charge in [-0.2, -0.15) is 0 Å². The number of H-pyrrole nitrogens is 1. The minimum atomic E-state index is -0.462. The van der Waals surface area contributed by atoms with Crippen molar-refractivity contribution in [2.75, 3.05) is 11.9 Å². The van der Waals surface area contributed by atoms with Crippen LogP contribution in [0.3, 0.4) is 0 Å². The summed E-state index contributed by atoms with van der Waals surface area (Å²) in [4.78, 5) is 20.7. The second-order valence-electron chi connectivity index (χ2n) is 7.66. The summed E-state index contributed by atoms with van der Waals surface area (Å²) < 4.78 is 0. The maximum Gasteiger partial charge on any atom is 0.246 e. The van der Waals surface area contributed by atoms with Crippen molar-refractivity contribution in [1.82, 2.24) is 15.3 Å². The number of rotatable bonds is 8. The van der Waals surface area contributed by atoms with Crippen LogP contribution >= 0.6 is 11.6 Å². The van der Waals surface area contributed by atoms with E-state index in [1.807, 2.05) is 85.8 Å². The molecule has 1 aromatic heterocycles. The number of carbonyl (C=O) groups is 1. The predicted octanol–water partition coefficient (Wildman–Crippen LogP) is 5.55. The smallest absolute Gasteiger partial charge is 0.246 e. The number of imidazole rings is 1. The van der Waals surface area contributed by atoms with Crippen LogP contribution in [0.4, 0.5) is 5.69 Å². The fourth-order valence-electron chi connectivity index (χ4n) is 3.50. The zero-order chi connectivity index (χ0) is 22.3. The minimum absolute atomic E-state index is 0.103. The molecule has 3 N–H and O–H groups in total. The maximum absolute atomic E-state index is 13.1. The molecule has 0 aliphatic carbocycles. The van der Waals surface area contributed by atoms with Crippen molar-refractivity contribution >= 4 is 23.2 Å². The molecule has 0 fully saturated rings. The number of benzene rings is 3. The molecule has 162 valence electrons. The highest BCUT2D eigenvalue weighted by atomic mass is 35.5. The van der Waals surface area contributed by atoms with Gasteiger partial charge in [-0.3, -0.25) is 4.79 Å². The first-order valence-corrected chi connectivity index (χ1v) is 10.9. The first-order valence-electron chi connectivity index (χ1n) is 10.5. The minimum Gasteiger partial charge on any atom is -0.342 e. The number of hydrogen-bond acceptors (Lipinski definition) is 3. The second-order valence-corrected chi connectivity index (χ2v) is 8.09. The van der Waals surface area contributed by atoms with Gasteiger partial charge in [-0.1, -0.05) is 54.1 Å². The Labute approximate surface area is 192 Å². The van der Waals surface area contributed by atoms with Crippen LogP contribution in [-0.4, -0.2) is 22.4 Å². The first kappa shape index (κ1) is 21.8. The average molecular weight is 445 g/mol. The van der Waals surface area contributed by atoms with E-state index in [0.717, 1.165) is 45.3 Å². The van der Waals surface area contributed by atoms with Crippen LogP contribution in [0.2, 0.25) is 5.02 Å². The lowest BCUT2D eigenvalue weighted by Crippen LogP contribution is -2.34. The standard InChI is InChI=1S/C26H25ClN4O/c1-18-17-29-25(30-18)21-9-13-23(14-10-21)31-26(32)24(20-5-3-2-4-6-20)28-16-15-19-7-11-22(27)12-8-19/h2-14,17,24,28H,15-16H2,1H3,(H,29,30)(H,31,32)/t24-/m0/s1. The number of anilines is 1. The Hall–Kier alpha value is -3.41. The fourth-order valence-corrected chi connectivity index (χ4v) is 3.63. The van der Waals surface area contributed by atoms with Crippen molar-refractivity contribution in [2.24, 2.45) is 0 Å². The van der Waals surface area contributed by atoms with Gasteiger partial charge >= 0.3 is 0 Å². The van der Waals surface area contributed by atoms with Crippen LogP contribution in [0.5, 0.6) is 0 Å². The summed E-state index contributed by atoms with van der Waals surface area (Å²) in [6, 6.07) is 24.7. The van der Waals surface area contributed by atoms with Crippen LogP contribution < -0.4 is 10.6 Å². The van der Waals surface area contributed by atoms with Gasteiger partial charge in [0.15, 0.2) is 0 Å². The molecule has 4 rings (SSSR count). The van der Waals surface area contributed by atoms with Crippen molar-refractivity contribution in [1.29, 1.82) is 0 Å². The van der Waals surface area contributed by atoms with E-state index < -0.39 is 6.04 Å². The van der Waals surface area contributed by atoms with Crippen molar-refractivity contribution in [3.8, 4) is 11.4 Å². The van der Waals surface area contributed by atoms with Crippen LogP contribution in [0, 0.1) is 6.92 Å². The van der Waals surface area contributed by atoms with Crippen molar-refractivity contribution in [2.45, 2.75) is 19.4 Å². The van der Waals surface area contributed by atoms with E-state index in [-0.39, 0.29) is 5.91 Å². The van der Waals surface area contributed by atoms with E-state index in [4.69, 9.17) is 11.6 Å². The van der Waals surface area contributed by atoms with Gasteiger partial charge in [0.05, 0.1) is 0 Å². The molecule has 3 aromatic carbocycles. The molecule has 32 heavy (non-hydrogen) atoms. The van der Waals surface area contributed by atoms with E-state index in [1.54, 1.807) is 6.20 Å². The van der Waals surface area contributed by atoms with Crippen LogP contribution in [0.15, 0.2) is 85.1 Å². The van der Waals surface area contributed by atoms with Crippen molar-refractivity contribution in [3.05, 3.63) is 107 Å². The van der Waals surface area contributed by atoms with Crippen LogP contribution in [-0.2, 0) is 11.2 Å². The summed E-state index contributed by atoms with van der Waals surface area (Å²) >= 11 is 5.97. The van der Waals surface area contributed by atoms with Gasteiger partial charge < -0.3 is 15.6 Å². The quantitative estimate of drug-likeness (QED) is 0.333. The molecule has 1 heterocycles. The Morgan fingerprint density at radius 3 is 2.38 bits per heavy atom. The summed E-state index contributed by atoms with van der Waals surface area (Å²) in [6.45, 7) is 2.63. The number of hydrogen-bond donors (Lipinski definition) is 3. The third kappa shape index (κ3) is 5.63. The van der Waals surface area contributed by atoms with E-state index in [1.165, 1.54) is 0 Å². The highest BCUT2D eigenvalue weighted by Gasteiger charge is 2.20. The lowest BCUT2D eigenvalue weighted by Gasteiger charge is -2.19. The third-order valence-electron chi connectivity index (χ3n) is 5.20. The Kier molecular flexibility index (Phi) is 7.00. The SMILES string of the molecule is Cc1cnc(-c2ccc(NC(=O)[C@@H](NCCc3ccc(Cl)cc3)c3ccccc3)cc2)[nH]1. The van der Waals surface area contributed by atoms with E-state index in [0.29, 0.717) is 6.54 Å². The van der Waals surface area contributed by atoms with Gasteiger partial charge in [-0.25, -0.2) is 4.98 Å². The lowest BCUT2D eigenvalue weighted by atomic mass is 10.1. The monoisotopic (exact) mass is 444 g/mol. The summed E-state index contributed by atoms with van der Waals surface area (Å²) in [7, 11) is 0. The number of carbonyl (C=O) groups excluding carboxylic acids is 1. The molecule has 0 aliphatic heterocycles. The van der Waals surface area contributed by atoms with E-state index in [2.05, 4.69) is 20.6 Å². The molecular weight excluding hydrogens is 420 g/mol. The van der Waals surface area contributed by atoms with Gasteiger partial charge in [0.1, 0.15) is 11.9 Å². The number of aryl methyl sites for hydroxylation is 1. The molecule has 6 heteroatoms. The Morgan fingerprint density at radius 2 is 1.72 bits per heavy atom. The predicted molar refractivity (Wildman–Crippen MR) is 130 cm³/mol. The van der Waals surface area contributed by atoms with Crippen LogP contribution in [0.25, 0.3) is 11.4 Å². The number of halogens is 1. The molecule has 4 aromatic rings. The maximum atomic E-state index is 13.1. The molecule has 5 nitrogen and oxygen atoms in total. The molecule has 0 bridgehead atoms. The Balaban J connectivity index is 1.43. The number of nitrogens with one attached hydrogen (secondary N) is 3. The fraction of sp³-hybridized carbons (Fsp3) is 0.154. The highest BCUT2D eigenvalue weighted by molar-refractivity contribution is 6.30. The van der Waals surface area contributed by atoms with Gasteiger partial charge in [0, 0.05) is 34.7 Å². The molecule has 1 atom stereocenters. The van der Waals surface area contributed by atoms with Crippen LogP contribution in [0.1, 0.15) is 22.9 Å². The zero-order valence-corrected chi connectivity index (χ0v) is 18.6. The molecule has 0 spiro atoms. The first-order chi connectivity index (χ1) is 15.6. The molecule has 0 saturated carbocycles. The van der Waals surface area contributed by atoms with E-state index in [9.17, 15) is 4.79 Å². The zero-order valence-electron chi connectivity index (χ0n) is 17.8. The average Bonchev–Trinajstić information content (AvgIpc) is 3.25. The number of aromatic nitrogens is 2. The molecule has 0 unspecified atom stereocenters. The molecular formula is C26H25ClN4O. The summed E-state index contributed by atoms with van der Waals surface area (Å²) in [5, 5.41) is 7.15. The number of aromatic amines is 1. The Bertz CT molecular complexity index is 1150. The second kappa shape index (κ2) is 10.3. The molecule has 0 saturated heterocycles. The summed E-state index contributed by atoms with van der Waals surface area (Å²) in [6.07, 6.45) is 2.59. The Morgan fingerprint density at radius 1 is 1.00 bits per heavy atom. The summed E-state index contributed by atoms with van der Waals surface area (Å²) in [5.74, 6) is 0.709. The van der Waals surface area contributed by atoms with Gasteiger partial charge in [0.25, 0.3) is 0 Å². The number of nitrogens with zero attached hydrogens (tertiary/aromatic N) is 1. The molecule has 1 amide bonds. The van der Waals surface area contributed by atoms with Gasteiger partial charge in [-0.05, 0) is 60.9 Å². The van der Waals surface area contributed by atoms with Gasteiger partial charge in [-0.15, -0.1) is 0 Å². The third-order valence-corrected chi connectivity index (χ3v) is 5.45. The topological polar surface area (TPSA) is 69.8 Å². The van der Waals surface area contributed by atoms with Crippen molar-refractivity contribution in [3.63, 3.8) is 0 Å². The largest absolute Gasteiger partial charge is 0.342 e. The normalized spacial score (nSPS) is 11.8. The lowest BCUT2D eigenvalue weighted by molar-refractivity contribution is -0.118. The van der Waals surface area contributed by atoms with Crippen molar-refractivity contribution < 1.29 is 4.79 Å². The highest BCUT2D eigenvalue weighted by Crippen LogP contribution is 2.21. The number of amides is 1. The summed E-state index contributed by atoms with van der Waals surface area (Å²) in [5.41, 5.74) is 4.80. The van der Waals surface area contributed by atoms with E-state index >= 15 is 0 Å². The van der Waals surface area contributed by atoms with Gasteiger partial charge in [0.2, 0.25) is 5.91 Å².